The zero-order valence-electron chi connectivity index (χ0n) is 12.9. The van der Waals surface area contributed by atoms with Crippen molar-refractivity contribution >= 4 is 0 Å². The van der Waals surface area contributed by atoms with Crippen molar-refractivity contribution < 1.29 is 9.13 Å². The zero-order valence-corrected chi connectivity index (χ0v) is 12.9. The molecule has 118 valence electrons. The van der Waals surface area contributed by atoms with Crippen LogP contribution in [0.4, 0.5) is 4.39 Å². The van der Waals surface area contributed by atoms with Crippen molar-refractivity contribution in [2.45, 2.75) is 32.4 Å². The molecule has 0 unspecified atom stereocenters. The molecule has 0 aliphatic carbocycles. The number of likely N-dealkylation sites (tertiary alicyclic amines) is 1. The molecule has 1 aliphatic heterocycles. The molecule has 1 saturated heterocycles. The van der Waals surface area contributed by atoms with E-state index in [0.29, 0.717) is 5.75 Å². The monoisotopic (exact) mass is 303 g/mol. The van der Waals surface area contributed by atoms with Gasteiger partial charge in [0.15, 0.2) is 0 Å². The number of ether oxygens (including phenoxy) is 1. The minimum Gasteiger partial charge on any atom is -0.490 e. The van der Waals surface area contributed by atoms with E-state index in [4.69, 9.17) is 4.74 Å². The summed E-state index contributed by atoms with van der Waals surface area (Å²) in [7, 11) is 0. The van der Waals surface area contributed by atoms with Crippen LogP contribution in [0.5, 0.6) is 5.75 Å². The van der Waals surface area contributed by atoms with E-state index in [1.54, 1.807) is 6.07 Å². The van der Waals surface area contributed by atoms with E-state index >= 15 is 0 Å². The van der Waals surface area contributed by atoms with Crippen molar-refractivity contribution in [1.82, 2.24) is 14.7 Å². The molecule has 22 heavy (non-hydrogen) atoms. The van der Waals surface area contributed by atoms with E-state index in [1.807, 2.05) is 29.9 Å². The number of nitrogens with zero attached hydrogens (tertiary/aromatic N) is 3. The summed E-state index contributed by atoms with van der Waals surface area (Å²) in [4.78, 5) is 2.43. The summed E-state index contributed by atoms with van der Waals surface area (Å²) in [5.74, 6) is 0.384. The molecule has 1 aromatic carbocycles. The second kappa shape index (κ2) is 6.92. The maximum Gasteiger partial charge on any atom is 0.126 e. The van der Waals surface area contributed by atoms with E-state index in [-0.39, 0.29) is 11.9 Å². The van der Waals surface area contributed by atoms with Gasteiger partial charge in [0, 0.05) is 31.9 Å². The van der Waals surface area contributed by atoms with Crippen molar-refractivity contribution in [2.75, 3.05) is 19.6 Å². The second-order valence-electron chi connectivity index (χ2n) is 5.84. The summed E-state index contributed by atoms with van der Waals surface area (Å²) in [6.07, 6.45) is 4.17. The van der Waals surface area contributed by atoms with Crippen molar-refractivity contribution in [3.05, 3.63) is 48.0 Å². The number of aryl methyl sites for hydroxylation is 1. The molecule has 0 bridgehead atoms. The smallest absolute Gasteiger partial charge is 0.126 e. The molecule has 0 N–H and O–H groups in total. The summed E-state index contributed by atoms with van der Waals surface area (Å²) in [5.41, 5.74) is 1.06. The largest absolute Gasteiger partial charge is 0.490 e. The van der Waals surface area contributed by atoms with Crippen molar-refractivity contribution in [3.8, 4) is 5.75 Å². The molecule has 2 aromatic rings. The third kappa shape index (κ3) is 4.07. The van der Waals surface area contributed by atoms with Gasteiger partial charge in [-0.2, -0.15) is 5.10 Å². The van der Waals surface area contributed by atoms with Gasteiger partial charge in [0.1, 0.15) is 17.7 Å². The van der Waals surface area contributed by atoms with Crippen molar-refractivity contribution in [3.63, 3.8) is 0 Å². The molecule has 1 fully saturated rings. The first-order valence-corrected chi connectivity index (χ1v) is 7.84. The Bertz CT molecular complexity index is 605. The van der Waals surface area contributed by atoms with Crippen LogP contribution in [0.1, 0.15) is 18.5 Å². The van der Waals surface area contributed by atoms with Gasteiger partial charge >= 0.3 is 0 Å². The van der Waals surface area contributed by atoms with Crippen molar-refractivity contribution in [1.29, 1.82) is 0 Å². The molecule has 0 saturated carbocycles. The minimum absolute atomic E-state index is 0.185. The predicted octanol–water partition coefficient (Wildman–Crippen LogP) is 2.87. The second-order valence-corrected chi connectivity index (χ2v) is 5.84. The highest BCUT2D eigenvalue weighted by atomic mass is 19.1. The highest BCUT2D eigenvalue weighted by Gasteiger charge is 2.20. The Morgan fingerprint density at radius 2 is 2.05 bits per heavy atom. The lowest BCUT2D eigenvalue weighted by molar-refractivity contribution is 0.0977. The standard InChI is InChI=1S/C17H22FN3O/c1-14-5-10-21(19-14)12-11-20-8-6-16(7-9-20)22-17-4-2-3-15(18)13-17/h2-5,10,13,16H,6-9,11-12H2,1H3. The molecular weight excluding hydrogens is 281 g/mol. The fourth-order valence-electron chi connectivity index (χ4n) is 2.82. The van der Waals surface area contributed by atoms with Crippen LogP contribution in [0, 0.1) is 12.7 Å². The Balaban J connectivity index is 1.42. The summed E-state index contributed by atoms with van der Waals surface area (Å²) < 4.78 is 21.0. The van der Waals surface area contributed by atoms with E-state index in [9.17, 15) is 4.39 Å². The Morgan fingerprint density at radius 1 is 1.23 bits per heavy atom. The average molecular weight is 303 g/mol. The van der Waals surface area contributed by atoms with Gasteiger partial charge in [-0.1, -0.05) is 6.07 Å². The molecule has 5 heteroatoms. The van der Waals surface area contributed by atoms with Crippen LogP contribution in [-0.2, 0) is 6.54 Å². The topological polar surface area (TPSA) is 30.3 Å². The molecule has 0 amide bonds. The number of hydrogen-bond donors (Lipinski definition) is 0. The Labute approximate surface area is 130 Å². The van der Waals surface area contributed by atoms with E-state index in [0.717, 1.165) is 44.7 Å². The van der Waals surface area contributed by atoms with E-state index in [1.165, 1.54) is 12.1 Å². The third-order valence-electron chi connectivity index (χ3n) is 4.05. The number of benzene rings is 1. The Kier molecular flexibility index (Phi) is 4.73. The van der Waals surface area contributed by atoms with E-state index < -0.39 is 0 Å². The highest BCUT2D eigenvalue weighted by Crippen LogP contribution is 2.19. The van der Waals surface area contributed by atoms with Crippen LogP contribution in [0.3, 0.4) is 0 Å². The fourth-order valence-corrected chi connectivity index (χ4v) is 2.82. The van der Waals surface area contributed by atoms with Gasteiger partial charge in [0.05, 0.1) is 12.2 Å². The van der Waals surface area contributed by atoms with Crippen LogP contribution in [-0.4, -0.2) is 40.4 Å². The first-order valence-electron chi connectivity index (χ1n) is 7.84. The normalized spacial score (nSPS) is 16.8. The SMILES string of the molecule is Cc1ccn(CCN2CCC(Oc3cccc(F)c3)CC2)n1. The average Bonchev–Trinajstić information content (AvgIpc) is 2.92. The summed E-state index contributed by atoms with van der Waals surface area (Å²) in [5, 5.41) is 4.40. The Hall–Kier alpha value is -1.88. The molecule has 0 spiro atoms. The first kappa shape index (κ1) is 15.0. The minimum atomic E-state index is -0.246. The highest BCUT2D eigenvalue weighted by molar-refractivity contribution is 5.22. The van der Waals surface area contributed by atoms with Crippen LogP contribution in [0.15, 0.2) is 36.5 Å². The first-order chi connectivity index (χ1) is 10.7. The molecule has 3 rings (SSSR count). The molecule has 1 aromatic heterocycles. The molecule has 0 atom stereocenters. The Morgan fingerprint density at radius 3 is 2.73 bits per heavy atom. The lowest BCUT2D eigenvalue weighted by atomic mass is 10.1. The number of piperidine rings is 1. The van der Waals surface area contributed by atoms with Gasteiger partial charge < -0.3 is 9.64 Å². The predicted molar refractivity (Wildman–Crippen MR) is 83.5 cm³/mol. The van der Waals surface area contributed by atoms with E-state index in [2.05, 4.69) is 10.00 Å². The van der Waals surface area contributed by atoms with Gasteiger partial charge in [-0.05, 0) is 38.0 Å². The quantitative estimate of drug-likeness (QED) is 0.851. The molecule has 0 radical (unpaired) electrons. The molecule has 1 aliphatic rings. The van der Waals surface area contributed by atoms with Crippen LogP contribution in [0.25, 0.3) is 0 Å². The van der Waals surface area contributed by atoms with Gasteiger partial charge in [-0.3, -0.25) is 4.68 Å². The van der Waals surface area contributed by atoms with Crippen LogP contribution in [0.2, 0.25) is 0 Å². The van der Waals surface area contributed by atoms with Crippen molar-refractivity contribution in [2.24, 2.45) is 0 Å². The molecule has 4 nitrogen and oxygen atoms in total. The number of hydrogen-bond acceptors (Lipinski definition) is 3. The maximum absolute atomic E-state index is 13.2. The summed E-state index contributed by atoms with van der Waals surface area (Å²) in [6, 6.07) is 8.42. The lowest BCUT2D eigenvalue weighted by Crippen LogP contribution is -2.39. The van der Waals surface area contributed by atoms with Gasteiger partial charge in [0.25, 0.3) is 0 Å². The lowest BCUT2D eigenvalue weighted by Gasteiger charge is -2.32. The van der Waals surface area contributed by atoms with Crippen LogP contribution < -0.4 is 4.74 Å². The van der Waals surface area contributed by atoms with Gasteiger partial charge in [-0.25, -0.2) is 4.39 Å². The summed E-state index contributed by atoms with van der Waals surface area (Å²) >= 11 is 0. The van der Waals surface area contributed by atoms with Gasteiger partial charge in [-0.15, -0.1) is 0 Å². The number of aromatic nitrogens is 2. The zero-order chi connectivity index (χ0) is 15.4. The summed E-state index contributed by atoms with van der Waals surface area (Å²) in [6.45, 7) is 5.96. The fraction of sp³-hybridized carbons (Fsp3) is 0.471. The maximum atomic E-state index is 13.2. The third-order valence-corrected chi connectivity index (χ3v) is 4.05. The number of rotatable bonds is 5. The number of halogens is 1. The molecular formula is C17H22FN3O. The molecule has 2 heterocycles. The van der Waals surface area contributed by atoms with Crippen LogP contribution >= 0.6 is 0 Å². The van der Waals surface area contributed by atoms with Gasteiger partial charge in [0.2, 0.25) is 0 Å².